The highest BCUT2D eigenvalue weighted by atomic mass is 16.7. The van der Waals surface area contributed by atoms with Gasteiger partial charge in [0.25, 0.3) is 5.91 Å². The van der Waals surface area contributed by atoms with Crippen LogP contribution in [0.2, 0.25) is 0 Å². The van der Waals surface area contributed by atoms with Gasteiger partial charge in [0.1, 0.15) is 43.2 Å². The number of hydrogen-bond acceptors (Lipinski definition) is 10. The second kappa shape index (κ2) is 18.5. The van der Waals surface area contributed by atoms with E-state index < -0.39 is 72.6 Å². The van der Waals surface area contributed by atoms with Gasteiger partial charge in [-0.1, -0.05) is 75.1 Å². The van der Waals surface area contributed by atoms with Crippen LogP contribution < -0.4 is 20.7 Å². The zero-order chi connectivity index (χ0) is 38.0. The molecule has 14 heteroatoms. The van der Waals surface area contributed by atoms with Crippen LogP contribution in [0.15, 0.2) is 54.6 Å². The summed E-state index contributed by atoms with van der Waals surface area (Å²) in [4.78, 5) is 82.5. The number of rotatable bonds is 11. The largest absolute Gasteiger partial charge is 0.494 e. The number of carbonyl (C=O) groups excluding carboxylic acids is 6. The van der Waals surface area contributed by atoms with Gasteiger partial charge in [-0.2, -0.15) is 0 Å². The first-order valence-electron chi connectivity index (χ1n) is 19.1. The number of amides is 4. The highest BCUT2D eigenvalue weighted by Gasteiger charge is 2.56. The summed E-state index contributed by atoms with van der Waals surface area (Å²) in [5.41, 5.74) is 1.51. The predicted octanol–water partition coefficient (Wildman–Crippen LogP) is 2.50. The topological polar surface area (TPSA) is 179 Å². The van der Waals surface area contributed by atoms with Gasteiger partial charge in [-0.3, -0.25) is 28.8 Å². The number of ketones is 1. The molecule has 3 fully saturated rings. The van der Waals surface area contributed by atoms with E-state index in [1.54, 1.807) is 31.2 Å². The molecule has 4 amide bonds. The monoisotopic (exact) mass is 746 g/mol. The molecule has 0 radical (unpaired) electrons. The molecule has 54 heavy (non-hydrogen) atoms. The molecule has 6 bridgehead atoms. The molecule has 0 spiro atoms. The van der Waals surface area contributed by atoms with Crippen molar-refractivity contribution in [3.05, 3.63) is 65.7 Å². The Kier molecular flexibility index (Phi) is 13.3. The summed E-state index contributed by atoms with van der Waals surface area (Å²) < 4.78 is 23.7. The van der Waals surface area contributed by atoms with Gasteiger partial charge in [0.2, 0.25) is 23.5 Å². The number of ether oxygens (including phenoxy) is 4. The van der Waals surface area contributed by atoms with Gasteiger partial charge in [0.05, 0.1) is 25.6 Å². The van der Waals surface area contributed by atoms with Crippen LogP contribution in [0.5, 0.6) is 5.75 Å². The minimum atomic E-state index is -1.24. The fourth-order valence-electron chi connectivity index (χ4n) is 7.75. The molecule has 4 heterocycles. The number of esters is 1. The number of carbonyl (C=O) groups is 6. The summed E-state index contributed by atoms with van der Waals surface area (Å²) in [5, 5.41) is 8.05. The number of fused-ring (bicyclic) bond motifs is 7. The van der Waals surface area contributed by atoms with E-state index in [0.29, 0.717) is 31.6 Å². The lowest BCUT2D eigenvalue weighted by Gasteiger charge is -2.35. The molecule has 4 aliphatic heterocycles. The number of nitrogens with one attached hydrogen (secondary N) is 3. The fraction of sp³-hybridized carbons (Fsp3) is 0.550. The van der Waals surface area contributed by atoms with Gasteiger partial charge in [-0.25, -0.2) is 0 Å². The minimum absolute atomic E-state index is 0.0101. The van der Waals surface area contributed by atoms with Crippen LogP contribution in [-0.2, 0) is 56.0 Å². The standard InChI is InChI=1S/C40H50N4O10/c1-2-11-29(36(47)39(49)41-22-32(46)52-24-25-12-5-3-6-13-25)42-38(48)35-37-30-23-44(35)40(50)34(27-15-7-4-8-16-27)43-31(45)21-26-14-9-17-28(20-26)51-19-10-18-33(53-30)54-37/h3,5-6,9,12-14,17,20,27,29-30,33-35,37H,2,4,7-8,10-11,15-16,18-19,21-24H2,1H3,(H,41,49)(H,42,48)(H,43,45)/t29?,30-,33?,34-,35-,37-/m0/s1. The van der Waals surface area contributed by atoms with Crippen LogP contribution >= 0.6 is 0 Å². The second-order valence-electron chi connectivity index (χ2n) is 14.4. The molecule has 3 N–H and O–H groups in total. The van der Waals surface area contributed by atoms with Crippen molar-refractivity contribution in [2.24, 2.45) is 5.92 Å². The lowest BCUT2D eigenvalue weighted by atomic mass is 9.83. The van der Waals surface area contributed by atoms with E-state index in [0.717, 1.165) is 43.2 Å². The van der Waals surface area contributed by atoms with Gasteiger partial charge in [-0.15, -0.1) is 0 Å². The van der Waals surface area contributed by atoms with Crippen molar-refractivity contribution >= 4 is 35.4 Å². The average Bonchev–Trinajstić information content (AvgIpc) is 3.74. The van der Waals surface area contributed by atoms with Crippen molar-refractivity contribution in [2.75, 3.05) is 19.7 Å². The van der Waals surface area contributed by atoms with Crippen molar-refractivity contribution in [3.8, 4) is 5.75 Å². The molecule has 5 aliphatic rings. The maximum Gasteiger partial charge on any atom is 0.325 e. The van der Waals surface area contributed by atoms with Crippen LogP contribution in [0, 0.1) is 5.92 Å². The summed E-state index contributed by atoms with van der Waals surface area (Å²) in [6.45, 7) is 1.71. The SMILES string of the molecule is CCCC(NC(=O)[C@@H]1[C@H]2OC3CCCOc4cccc(c4)CC(=O)N[C@@H](C4CCCCC4)C(=O)N1C[C@@H]2O3)C(=O)C(=O)NCC(=O)OCc1ccccc1. The van der Waals surface area contributed by atoms with Crippen LogP contribution in [-0.4, -0.2) is 96.6 Å². The fourth-order valence-corrected chi connectivity index (χ4v) is 7.75. The first-order valence-corrected chi connectivity index (χ1v) is 19.1. The molecule has 6 atom stereocenters. The van der Waals surface area contributed by atoms with E-state index in [1.807, 2.05) is 30.3 Å². The van der Waals surface area contributed by atoms with E-state index in [9.17, 15) is 28.8 Å². The van der Waals surface area contributed by atoms with Crippen LogP contribution in [0.1, 0.15) is 75.8 Å². The predicted molar refractivity (Wildman–Crippen MR) is 194 cm³/mol. The average molecular weight is 747 g/mol. The molecule has 2 aromatic rings. The summed E-state index contributed by atoms with van der Waals surface area (Å²) in [7, 11) is 0. The van der Waals surface area contributed by atoms with Crippen LogP contribution in [0.4, 0.5) is 0 Å². The second-order valence-corrected chi connectivity index (χ2v) is 14.4. The van der Waals surface area contributed by atoms with E-state index in [4.69, 9.17) is 18.9 Å². The normalized spacial score (nSPS) is 25.2. The van der Waals surface area contributed by atoms with Crippen molar-refractivity contribution in [1.29, 1.82) is 0 Å². The maximum absolute atomic E-state index is 14.6. The smallest absolute Gasteiger partial charge is 0.325 e. The third-order valence-electron chi connectivity index (χ3n) is 10.5. The molecular formula is C40H50N4O10. The lowest BCUT2D eigenvalue weighted by molar-refractivity contribution is -0.151. The minimum Gasteiger partial charge on any atom is -0.494 e. The Morgan fingerprint density at radius 2 is 1.76 bits per heavy atom. The molecule has 1 saturated carbocycles. The molecular weight excluding hydrogens is 696 g/mol. The number of nitrogens with zero attached hydrogens (tertiary/aromatic N) is 1. The molecule has 7 rings (SSSR count). The summed E-state index contributed by atoms with van der Waals surface area (Å²) in [6, 6.07) is 13.0. The van der Waals surface area contributed by atoms with Crippen molar-refractivity contribution in [2.45, 2.75) is 114 Å². The van der Waals surface area contributed by atoms with Gasteiger partial charge in [0.15, 0.2) is 6.29 Å². The van der Waals surface area contributed by atoms with E-state index in [1.165, 1.54) is 4.90 Å². The van der Waals surface area contributed by atoms with Crippen LogP contribution in [0.25, 0.3) is 0 Å². The van der Waals surface area contributed by atoms with Crippen molar-refractivity contribution in [3.63, 3.8) is 0 Å². The summed E-state index contributed by atoms with van der Waals surface area (Å²) in [6.07, 6.45) is 3.92. The summed E-state index contributed by atoms with van der Waals surface area (Å²) >= 11 is 0. The highest BCUT2D eigenvalue weighted by Crippen LogP contribution is 2.36. The molecule has 2 unspecified atom stereocenters. The Bertz CT molecular complexity index is 1660. The molecule has 14 nitrogen and oxygen atoms in total. The lowest BCUT2D eigenvalue weighted by Crippen LogP contribution is -2.60. The van der Waals surface area contributed by atoms with Crippen molar-refractivity contribution < 1.29 is 47.7 Å². The van der Waals surface area contributed by atoms with E-state index in [-0.39, 0.29) is 37.8 Å². The number of Topliss-reactive ketones (excluding diaryl/α,β-unsaturated/α-hetero) is 1. The number of benzene rings is 2. The highest BCUT2D eigenvalue weighted by molar-refractivity contribution is 6.38. The van der Waals surface area contributed by atoms with Gasteiger partial charge in [0, 0.05) is 6.42 Å². The Labute approximate surface area is 315 Å². The van der Waals surface area contributed by atoms with Crippen molar-refractivity contribution in [1.82, 2.24) is 20.9 Å². The van der Waals surface area contributed by atoms with Gasteiger partial charge in [-0.05, 0) is 54.9 Å². The van der Waals surface area contributed by atoms with Gasteiger partial charge >= 0.3 is 5.97 Å². The Morgan fingerprint density at radius 3 is 2.54 bits per heavy atom. The Hall–Kier alpha value is -4.82. The third-order valence-corrected chi connectivity index (χ3v) is 10.5. The molecule has 2 saturated heterocycles. The zero-order valence-electron chi connectivity index (χ0n) is 30.7. The summed E-state index contributed by atoms with van der Waals surface area (Å²) in [5.74, 6) is -3.62. The van der Waals surface area contributed by atoms with E-state index >= 15 is 0 Å². The number of hydrogen-bond donors (Lipinski definition) is 3. The Balaban J connectivity index is 1.18. The van der Waals surface area contributed by atoms with Gasteiger partial charge < -0.3 is 39.8 Å². The molecule has 1 aliphatic carbocycles. The Morgan fingerprint density at radius 1 is 0.963 bits per heavy atom. The molecule has 2 aromatic carbocycles. The maximum atomic E-state index is 14.6. The van der Waals surface area contributed by atoms with E-state index in [2.05, 4.69) is 16.0 Å². The van der Waals surface area contributed by atoms with Crippen LogP contribution in [0.3, 0.4) is 0 Å². The molecule has 290 valence electrons. The third kappa shape index (κ3) is 9.83. The zero-order valence-corrected chi connectivity index (χ0v) is 30.7. The quantitative estimate of drug-likeness (QED) is 0.229. The first-order chi connectivity index (χ1) is 26.2. The first kappa shape index (κ1) is 38.9. The molecule has 0 aromatic heterocycles.